The maximum absolute atomic E-state index is 12.4. The zero-order chi connectivity index (χ0) is 37.3. The number of aliphatic hydroxyl groups excluding tert-OH is 3. The molecule has 4 N–H and O–H groups in total. The molecule has 0 aliphatic carbocycles. The van der Waals surface area contributed by atoms with Gasteiger partial charge in [-0.15, -0.1) is 0 Å². The summed E-state index contributed by atoms with van der Waals surface area (Å²) in [7, 11) is 0. The van der Waals surface area contributed by atoms with Crippen molar-refractivity contribution in [2.24, 2.45) is 0 Å². The number of unbranched alkanes of at least 4 members (excludes halogenated alkanes) is 25. The minimum atomic E-state index is -1.11. The molecule has 5 nitrogen and oxygen atoms in total. The molecule has 0 radical (unpaired) electrons. The molecule has 0 heterocycles. The van der Waals surface area contributed by atoms with Crippen molar-refractivity contribution in [3.8, 4) is 0 Å². The van der Waals surface area contributed by atoms with Gasteiger partial charge in [0.15, 0.2) is 0 Å². The Morgan fingerprint density at radius 3 is 1.31 bits per heavy atom. The van der Waals surface area contributed by atoms with Gasteiger partial charge < -0.3 is 20.6 Å². The fourth-order valence-electron chi connectivity index (χ4n) is 6.41. The Morgan fingerprint density at radius 1 is 0.490 bits per heavy atom. The second kappa shape index (κ2) is 41.1. The van der Waals surface area contributed by atoms with Gasteiger partial charge in [0.2, 0.25) is 5.91 Å². The van der Waals surface area contributed by atoms with E-state index in [2.05, 4.69) is 55.6 Å². The van der Waals surface area contributed by atoms with Gasteiger partial charge >= 0.3 is 0 Å². The smallest absolute Gasteiger partial charge is 0.249 e. The molecule has 0 aliphatic heterocycles. The van der Waals surface area contributed by atoms with Gasteiger partial charge in [-0.05, 0) is 64.2 Å². The molecule has 1 amide bonds. The lowest BCUT2D eigenvalue weighted by molar-refractivity contribution is -0.131. The van der Waals surface area contributed by atoms with Crippen LogP contribution < -0.4 is 5.32 Å². The van der Waals surface area contributed by atoms with Gasteiger partial charge in [0.25, 0.3) is 0 Å². The average molecular weight is 716 g/mol. The maximum atomic E-state index is 12.4. The molecule has 0 bridgehead atoms. The van der Waals surface area contributed by atoms with Crippen molar-refractivity contribution in [3.05, 3.63) is 48.6 Å². The first kappa shape index (κ1) is 49.3. The third-order valence-corrected chi connectivity index (χ3v) is 9.89. The van der Waals surface area contributed by atoms with Crippen molar-refractivity contribution in [2.45, 2.75) is 231 Å². The summed E-state index contributed by atoms with van der Waals surface area (Å²) in [5.74, 6) is -0.519. The van der Waals surface area contributed by atoms with E-state index in [1.165, 1.54) is 148 Å². The number of hydrogen-bond donors (Lipinski definition) is 4. The largest absolute Gasteiger partial charge is 0.394 e. The first-order valence-electron chi connectivity index (χ1n) is 22.0. The molecule has 298 valence electrons. The molecule has 0 spiro atoms. The predicted octanol–water partition coefficient (Wildman–Crippen LogP) is 12.5. The van der Waals surface area contributed by atoms with Crippen molar-refractivity contribution in [3.63, 3.8) is 0 Å². The number of nitrogens with one attached hydrogen (secondary N) is 1. The van der Waals surface area contributed by atoms with E-state index in [4.69, 9.17) is 0 Å². The third kappa shape index (κ3) is 36.5. The van der Waals surface area contributed by atoms with Gasteiger partial charge in [-0.25, -0.2) is 0 Å². The summed E-state index contributed by atoms with van der Waals surface area (Å²) in [4.78, 5) is 12.4. The lowest BCUT2D eigenvalue weighted by Gasteiger charge is -2.21. The van der Waals surface area contributed by atoms with E-state index < -0.39 is 24.2 Å². The number of carbonyl (C=O) groups is 1. The Labute approximate surface area is 316 Å². The third-order valence-electron chi connectivity index (χ3n) is 9.89. The molecule has 0 aliphatic rings. The van der Waals surface area contributed by atoms with E-state index in [-0.39, 0.29) is 6.61 Å². The molecule has 0 aromatic heterocycles. The minimum Gasteiger partial charge on any atom is -0.394 e. The zero-order valence-corrected chi connectivity index (χ0v) is 33.7. The monoisotopic (exact) mass is 716 g/mol. The highest BCUT2D eigenvalue weighted by atomic mass is 16.3. The lowest BCUT2D eigenvalue weighted by Crippen LogP contribution is -2.48. The second-order valence-electron chi connectivity index (χ2n) is 14.9. The molecular formula is C46H85NO4. The Balaban J connectivity index is 3.70. The van der Waals surface area contributed by atoms with Crippen LogP contribution in [0.2, 0.25) is 0 Å². The summed E-state index contributed by atoms with van der Waals surface area (Å²) in [5.41, 5.74) is 0. The number of hydrogen-bond acceptors (Lipinski definition) is 4. The average Bonchev–Trinajstić information content (AvgIpc) is 3.13. The topological polar surface area (TPSA) is 89.8 Å². The molecule has 0 saturated carbocycles. The predicted molar refractivity (Wildman–Crippen MR) is 222 cm³/mol. The van der Waals surface area contributed by atoms with E-state index in [1.807, 2.05) is 6.08 Å². The first-order chi connectivity index (χ1) is 25.1. The van der Waals surface area contributed by atoms with Crippen LogP contribution in [0.1, 0.15) is 213 Å². The molecule has 5 heteroatoms. The van der Waals surface area contributed by atoms with Gasteiger partial charge in [0, 0.05) is 0 Å². The van der Waals surface area contributed by atoms with E-state index in [1.54, 1.807) is 6.08 Å². The molecule has 51 heavy (non-hydrogen) atoms. The Morgan fingerprint density at radius 2 is 0.863 bits per heavy atom. The molecule has 3 atom stereocenters. The van der Waals surface area contributed by atoms with Gasteiger partial charge in [-0.1, -0.05) is 197 Å². The quantitative estimate of drug-likeness (QED) is 0.0377. The summed E-state index contributed by atoms with van der Waals surface area (Å²) < 4.78 is 0. The standard InChI is InChI=1S/C46H85NO4/c1-3-5-7-9-11-13-15-17-18-19-20-21-22-23-24-25-26-27-29-31-33-35-37-39-41-45(50)46(51)47-43(42-48)44(49)40-38-36-34-32-30-28-16-14-12-10-8-6-4-2/h20-21,23-24,30,32,38,40,43-45,48-50H,3-19,22,25-29,31,33-37,39,41-42H2,1-2H3,(H,47,51)/b21-20-,24-23-,32-30+,40-38+. The molecule has 3 unspecified atom stereocenters. The summed E-state index contributed by atoms with van der Waals surface area (Å²) in [6.45, 7) is 4.15. The van der Waals surface area contributed by atoms with E-state index >= 15 is 0 Å². The molecule has 0 saturated heterocycles. The first-order valence-corrected chi connectivity index (χ1v) is 22.0. The lowest BCUT2D eigenvalue weighted by atomic mass is 10.0. The van der Waals surface area contributed by atoms with Crippen molar-refractivity contribution in [1.82, 2.24) is 5.32 Å². The van der Waals surface area contributed by atoms with Crippen molar-refractivity contribution in [2.75, 3.05) is 6.61 Å². The molecule has 0 aromatic rings. The van der Waals surface area contributed by atoms with Crippen LogP contribution in [-0.2, 0) is 4.79 Å². The fraction of sp³-hybridized carbons (Fsp3) is 0.804. The summed E-state index contributed by atoms with van der Waals surface area (Å²) in [6.07, 6.45) is 52.9. The van der Waals surface area contributed by atoms with Crippen LogP contribution in [0.25, 0.3) is 0 Å². The van der Waals surface area contributed by atoms with Gasteiger partial charge in [0.05, 0.1) is 18.8 Å². The van der Waals surface area contributed by atoms with Crippen LogP contribution in [0.4, 0.5) is 0 Å². The molecule has 0 rings (SSSR count). The molecule has 0 aromatic carbocycles. The van der Waals surface area contributed by atoms with E-state index in [0.717, 1.165) is 44.9 Å². The summed E-state index contributed by atoms with van der Waals surface area (Å²) in [6, 6.07) is -0.817. The van der Waals surface area contributed by atoms with Crippen LogP contribution >= 0.6 is 0 Å². The Bertz CT molecular complexity index is 835. The normalized spacial score (nSPS) is 14.1. The van der Waals surface area contributed by atoms with Gasteiger partial charge in [0.1, 0.15) is 6.10 Å². The van der Waals surface area contributed by atoms with E-state index in [0.29, 0.717) is 6.42 Å². The number of carbonyl (C=O) groups excluding carboxylic acids is 1. The Kier molecular flexibility index (Phi) is 39.7. The number of allylic oxidation sites excluding steroid dienone is 7. The highest BCUT2D eigenvalue weighted by molar-refractivity contribution is 5.80. The van der Waals surface area contributed by atoms with Crippen LogP contribution in [0.15, 0.2) is 48.6 Å². The Hall–Kier alpha value is -1.69. The van der Waals surface area contributed by atoms with Crippen LogP contribution in [0.3, 0.4) is 0 Å². The molecule has 0 fully saturated rings. The second-order valence-corrected chi connectivity index (χ2v) is 14.9. The van der Waals surface area contributed by atoms with Crippen LogP contribution in [0.5, 0.6) is 0 Å². The van der Waals surface area contributed by atoms with Gasteiger partial charge in [-0.3, -0.25) is 4.79 Å². The number of aliphatic hydroxyl groups is 3. The van der Waals surface area contributed by atoms with Crippen molar-refractivity contribution < 1.29 is 20.1 Å². The van der Waals surface area contributed by atoms with Gasteiger partial charge in [-0.2, -0.15) is 0 Å². The minimum absolute atomic E-state index is 0.380. The van der Waals surface area contributed by atoms with Crippen molar-refractivity contribution in [1.29, 1.82) is 0 Å². The van der Waals surface area contributed by atoms with E-state index in [9.17, 15) is 20.1 Å². The molecular weight excluding hydrogens is 631 g/mol. The maximum Gasteiger partial charge on any atom is 0.249 e. The zero-order valence-electron chi connectivity index (χ0n) is 33.7. The number of rotatable bonds is 39. The highest BCUT2D eigenvalue weighted by Crippen LogP contribution is 2.14. The summed E-state index contributed by atoms with van der Waals surface area (Å²) >= 11 is 0. The highest BCUT2D eigenvalue weighted by Gasteiger charge is 2.22. The van der Waals surface area contributed by atoms with Crippen LogP contribution in [-0.4, -0.2) is 46.1 Å². The van der Waals surface area contributed by atoms with Crippen LogP contribution in [0, 0.1) is 0 Å². The summed E-state index contributed by atoms with van der Waals surface area (Å²) in [5, 5.41) is 33.0. The fourth-order valence-corrected chi connectivity index (χ4v) is 6.41. The number of amides is 1. The SMILES string of the molecule is CCCCCCCCC/C=C/CC/C=C/C(O)C(CO)NC(=O)C(O)CCCCCCCCCC/C=C\C/C=C\CCCCCCCCCCC. The van der Waals surface area contributed by atoms with Crippen molar-refractivity contribution >= 4 is 5.91 Å².